The van der Waals surface area contributed by atoms with E-state index in [1.807, 2.05) is 6.07 Å². The number of benzene rings is 1. The molecule has 2 heterocycles. The summed E-state index contributed by atoms with van der Waals surface area (Å²) < 4.78 is 21.2. The van der Waals surface area contributed by atoms with Crippen molar-refractivity contribution in [3.8, 4) is 11.3 Å². The predicted octanol–water partition coefficient (Wildman–Crippen LogP) is 5.20. The third kappa shape index (κ3) is 4.45. The Hall–Kier alpha value is -1.76. The molecule has 4 nitrogen and oxygen atoms in total. The van der Waals surface area contributed by atoms with E-state index in [1.165, 1.54) is 12.1 Å². The number of pyridine rings is 1. The summed E-state index contributed by atoms with van der Waals surface area (Å²) in [6.07, 6.45) is 1.68. The van der Waals surface area contributed by atoms with E-state index < -0.39 is 8.07 Å². The molecule has 3 aromatic rings. The summed E-state index contributed by atoms with van der Waals surface area (Å²) in [6.45, 7) is 7.97. The molecule has 0 N–H and O–H groups in total. The molecule has 0 amide bonds. The zero-order valence-corrected chi connectivity index (χ0v) is 16.3. The molecule has 0 saturated heterocycles. The van der Waals surface area contributed by atoms with Gasteiger partial charge in [0.2, 0.25) is 0 Å². The lowest BCUT2D eigenvalue weighted by molar-refractivity contribution is 0.0818. The Bertz CT molecular complexity index is 892. The molecule has 0 saturated carbocycles. The van der Waals surface area contributed by atoms with E-state index in [4.69, 9.17) is 16.3 Å². The minimum atomic E-state index is -1.14. The van der Waals surface area contributed by atoms with Crippen molar-refractivity contribution < 1.29 is 9.13 Å². The molecule has 3 rings (SSSR count). The molecule has 132 valence electrons. The second-order valence-electron chi connectivity index (χ2n) is 7.23. The lowest BCUT2D eigenvalue weighted by Crippen LogP contribution is -2.22. The smallest absolute Gasteiger partial charge is 0.140 e. The molecule has 0 radical (unpaired) electrons. The number of hydrogen-bond acceptors (Lipinski definition) is 3. The van der Waals surface area contributed by atoms with Crippen LogP contribution in [0.3, 0.4) is 0 Å². The van der Waals surface area contributed by atoms with Crippen LogP contribution < -0.4 is 0 Å². The van der Waals surface area contributed by atoms with Crippen molar-refractivity contribution in [3.63, 3.8) is 0 Å². The molecule has 0 atom stereocenters. The average molecular weight is 378 g/mol. The van der Waals surface area contributed by atoms with Gasteiger partial charge in [-0.05, 0) is 24.2 Å². The quantitative estimate of drug-likeness (QED) is 0.336. The fourth-order valence-electron chi connectivity index (χ4n) is 2.52. The van der Waals surface area contributed by atoms with Crippen LogP contribution in [0.4, 0.5) is 4.39 Å². The van der Waals surface area contributed by atoms with E-state index in [9.17, 15) is 4.39 Å². The summed E-state index contributed by atoms with van der Waals surface area (Å²) in [6, 6.07) is 9.22. The fourth-order valence-corrected chi connectivity index (χ4v) is 3.44. The molecule has 0 aliphatic carbocycles. The Balaban J connectivity index is 1.92. The maximum absolute atomic E-state index is 13.6. The first-order valence-electron chi connectivity index (χ1n) is 8.19. The second kappa shape index (κ2) is 7.23. The van der Waals surface area contributed by atoms with Crippen molar-refractivity contribution in [2.75, 3.05) is 6.61 Å². The van der Waals surface area contributed by atoms with Crippen LogP contribution in [0.1, 0.15) is 0 Å². The van der Waals surface area contributed by atoms with E-state index in [0.717, 1.165) is 16.9 Å². The van der Waals surface area contributed by atoms with E-state index in [-0.39, 0.29) is 5.82 Å². The topological polar surface area (TPSA) is 39.9 Å². The molecule has 0 aliphatic rings. The molecular weight excluding hydrogens is 357 g/mol. The monoisotopic (exact) mass is 377 g/mol. The largest absolute Gasteiger partial charge is 0.360 e. The maximum atomic E-state index is 13.6. The first-order valence-corrected chi connectivity index (χ1v) is 12.3. The van der Waals surface area contributed by atoms with Crippen molar-refractivity contribution in [2.45, 2.75) is 32.4 Å². The summed E-state index contributed by atoms with van der Waals surface area (Å²) in [7, 11) is -1.14. The molecule has 2 aromatic heterocycles. The number of aromatic nitrogens is 3. The number of halogens is 2. The van der Waals surface area contributed by atoms with E-state index in [2.05, 4.69) is 29.7 Å². The number of ether oxygens (including phenoxy) is 1. The van der Waals surface area contributed by atoms with Gasteiger partial charge in [-0.2, -0.15) is 5.10 Å². The van der Waals surface area contributed by atoms with Crippen LogP contribution in [0.15, 0.2) is 36.5 Å². The van der Waals surface area contributed by atoms with Crippen molar-refractivity contribution in [2.24, 2.45) is 0 Å². The lowest BCUT2D eigenvalue weighted by Gasteiger charge is -2.15. The van der Waals surface area contributed by atoms with Gasteiger partial charge in [0.25, 0.3) is 0 Å². The Morgan fingerprint density at radius 1 is 1.24 bits per heavy atom. The van der Waals surface area contributed by atoms with Crippen LogP contribution in [-0.4, -0.2) is 29.4 Å². The Kier molecular flexibility index (Phi) is 5.22. The molecule has 25 heavy (non-hydrogen) atoms. The summed E-state index contributed by atoms with van der Waals surface area (Å²) in [5, 5.41) is 5.83. The van der Waals surface area contributed by atoms with Crippen LogP contribution in [0.5, 0.6) is 0 Å². The highest BCUT2D eigenvalue weighted by Gasteiger charge is 2.15. The molecule has 0 fully saturated rings. The van der Waals surface area contributed by atoms with Gasteiger partial charge in [-0.1, -0.05) is 43.4 Å². The molecular formula is C18H21ClFN3OSi. The lowest BCUT2D eigenvalue weighted by atomic mass is 10.1. The van der Waals surface area contributed by atoms with Gasteiger partial charge in [0.15, 0.2) is 0 Å². The maximum Gasteiger partial charge on any atom is 0.140 e. The van der Waals surface area contributed by atoms with Gasteiger partial charge >= 0.3 is 0 Å². The first-order chi connectivity index (χ1) is 11.8. The molecule has 0 aliphatic heterocycles. The standard InChI is InChI=1S/C18H21ClFN3OSi/c1-25(2,3)8-7-24-12-23-16-11-21-17(19)10-15(16)18(22-23)13-5-4-6-14(20)9-13/h4-6,9-11H,7-8,12H2,1-3H3. The summed E-state index contributed by atoms with van der Waals surface area (Å²) in [5.41, 5.74) is 2.19. The zero-order chi connectivity index (χ0) is 18.0. The average Bonchev–Trinajstić information content (AvgIpc) is 2.88. The highest BCUT2D eigenvalue weighted by atomic mass is 35.5. The minimum Gasteiger partial charge on any atom is -0.360 e. The van der Waals surface area contributed by atoms with Crippen LogP contribution in [0.25, 0.3) is 22.2 Å². The Morgan fingerprint density at radius 3 is 2.76 bits per heavy atom. The highest BCUT2D eigenvalue weighted by molar-refractivity contribution is 6.76. The summed E-state index contributed by atoms with van der Waals surface area (Å²) in [4.78, 5) is 4.14. The van der Waals surface area contributed by atoms with Gasteiger partial charge in [-0.25, -0.2) is 14.1 Å². The van der Waals surface area contributed by atoms with Crippen molar-refractivity contribution in [3.05, 3.63) is 47.5 Å². The van der Waals surface area contributed by atoms with E-state index >= 15 is 0 Å². The number of fused-ring (bicyclic) bond motifs is 1. The summed E-state index contributed by atoms with van der Waals surface area (Å²) >= 11 is 6.05. The van der Waals surface area contributed by atoms with Gasteiger partial charge < -0.3 is 4.74 Å². The molecule has 0 unspecified atom stereocenters. The van der Waals surface area contributed by atoms with Crippen LogP contribution in [0, 0.1) is 5.82 Å². The van der Waals surface area contributed by atoms with Gasteiger partial charge in [-0.15, -0.1) is 0 Å². The van der Waals surface area contributed by atoms with Gasteiger partial charge in [-0.3, -0.25) is 0 Å². The van der Waals surface area contributed by atoms with Crippen molar-refractivity contribution in [1.29, 1.82) is 0 Å². The van der Waals surface area contributed by atoms with E-state index in [0.29, 0.717) is 29.7 Å². The number of nitrogens with zero attached hydrogens (tertiary/aromatic N) is 3. The highest BCUT2D eigenvalue weighted by Crippen LogP contribution is 2.29. The molecule has 7 heteroatoms. The fraction of sp³-hybridized carbons (Fsp3) is 0.333. The Labute approximate surface area is 152 Å². The minimum absolute atomic E-state index is 0.299. The Morgan fingerprint density at radius 2 is 2.04 bits per heavy atom. The zero-order valence-electron chi connectivity index (χ0n) is 14.6. The predicted molar refractivity (Wildman–Crippen MR) is 102 cm³/mol. The molecule has 0 spiro atoms. The van der Waals surface area contributed by atoms with Crippen molar-refractivity contribution in [1.82, 2.24) is 14.8 Å². The van der Waals surface area contributed by atoms with Gasteiger partial charge in [0.1, 0.15) is 23.4 Å². The number of hydrogen-bond donors (Lipinski definition) is 0. The third-order valence-corrected chi connectivity index (χ3v) is 5.82. The van der Waals surface area contributed by atoms with E-state index in [1.54, 1.807) is 23.0 Å². The van der Waals surface area contributed by atoms with Crippen LogP contribution >= 0.6 is 11.6 Å². The normalized spacial score (nSPS) is 12.0. The van der Waals surface area contributed by atoms with Crippen LogP contribution in [-0.2, 0) is 11.5 Å². The third-order valence-electron chi connectivity index (χ3n) is 3.91. The first kappa shape index (κ1) is 18.0. The van der Waals surface area contributed by atoms with Crippen molar-refractivity contribution >= 4 is 30.6 Å². The second-order valence-corrected chi connectivity index (χ2v) is 13.2. The SMILES string of the molecule is C[Si](C)(C)CCOCn1nc(-c2cccc(F)c2)c2cc(Cl)ncc21. The van der Waals surface area contributed by atoms with Gasteiger partial charge in [0, 0.05) is 25.6 Å². The molecule has 1 aromatic carbocycles. The molecule has 0 bridgehead atoms. The number of rotatable bonds is 6. The van der Waals surface area contributed by atoms with Gasteiger partial charge in [0.05, 0.1) is 11.7 Å². The van der Waals surface area contributed by atoms with Crippen LogP contribution in [0.2, 0.25) is 30.8 Å². The summed E-state index contributed by atoms with van der Waals surface area (Å²) in [5.74, 6) is -0.299.